The number of carbonyl (C=O) groups is 1. The Bertz CT molecular complexity index is 318. The summed E-state index contributed by atoms with van der Waals surface area (Å²) in [6.45, 7) is 4.18. The van der Waals surface area contributed by atoms with E-state index in [4.69, 9.17) is 4.74 Å². The zero-order chi connectivity index (χ0) is 15.8. The van der Waals surface area contributed by atoms with Crippen molar-refractivity contribution in [3.05, 3.63) is 0 Å². The quantitative estimate of drug-likeness (QED) is 0.433. The molecule has 0 unspecified atom stereocenters. The SMILES string of the molecule is CCCCC[C@H]1CC[C@@H]([C@@H]2CCC[C@@H](OC(=O)CC)C2)CC1. The lowest BCUT2D eigenvalue weighted by Gasteiger charge is -2.38. The normalized spacial score (nSPS) is 32.6. The first-order valence-electron chi connectivity index (χ1n) is 9.92. The first kappa shape index (κ1) is 17.8. The Hall–Kier alpha value is -0.530. The van der Waals surface area contributed by atoms with Gasteiger partial charge in [0, 0.05) is 6.42 Å². The third-order valence-corrected chi connectivity index (χ3v) is 6.03. The van der Waals surface area contributed by atoms with Crippen LogP contribution in [-0.2, 0) is 9.53 Å². The summed E-state index contributed by atoms with van der Waals surface area (Å²) in [5, 5.41) is 0. The van der Waals surface area contributed by atoms with Crippen molar-refractivity contribution in [2.75, 3.05) is 0 Å². The van der Waals surface area contributed by atoms with Gasteiger partial charge in [0.2, 0.25) is 0 Å². The van der Waals surface area contributed by atoms with E-state index in [-0.39, 0.29) is 12.1 Å². The van der Waals surface area contributed by atoms with Gasteiger partial charge in [-0.15, -0.1) is 0 Å². The Labute approximate surface area is 137 Å². The van der Waals surface area contributed by atoms with Crippen LogP contribution in [0.3, 0.4) is 0 Å². The average Bonchev–Trinajstić information content (AvgIpc) is 2.56. The van der Waals surface area contributed by atoms with Crippen molar-refractivity contribution in [2.24, 2.45) is 17.8 Å². The summed E-state index contributed by atoms with van der Waals surface area (Å²) in [5.41, 5.74) is 0. The number of ether oxygens (including phenoxy) is 1. The van der Waals surface area contributed by atoms with E-state index in [1.807, 2.05) is 6.92 Å². The molecule has 2 nitrogen and oxygen atoms in total. The molecule has 22 heavy (non-hydrogen) atoms. The maximum Gasteiger partial charge on any atom is 0.305 e. The van der Waals surface area contributed by atoms with Crippen LogP contribution in [0.4, 0.5) is 0 Å². The van der Waals surface area contributed by atoms with Crippen molar-refractivity contribution in [2.45, 2.75) is 103 Å². The van der Waals surface area contributed by atoms with Crippen molar-refractivity contribution in [3.8, 4) is 0 Å². The third-order valence-electron chi connectivity index (χ3n) is 6.03. The monoisotopic (exact) mass is 308 g/mol. The minimum Gasteiger partial charge on any atom is -0.462 e. The van der Waals surface area contributed by atoms with Gasteiger partial charge < -0.3 is 4.74 Å². The Morgan fingerprint density at radius 1 is 0.955 bits per heavy atom. The molecule has 2 fully saturated rings. The number of hydrogen-bond acceptors (Lipinski definition) is 2. The molecule has 0 aliphatic heterocycles. The first-order chi connectivity index (χ1) is 10.7. The molecule has 2 aliphatic carbocycles. The summed E-state index contributed by atoms with van der Waals surface area (Å²) in [7, 11) is 0. The van der Waals surface area contributed by atoms with Crippen molar-refractivity contribution in [1.82, 2.24) is 0 Å². The third kappa shape index (κ3) is 5.59. The van der Waals surface area contributed by atoms with E-state index in [1.54, 1.807) is 0 Å². The maximum absolute atomic E-state index is 11.5. The molecule has 2 saturated carbocycles. The van der Waals surface area contributed by atoms with E-state index in [1.165, 1.54) is 64.2 Å². The highest BCUT2D eigenvalue weighted by Crippen LogP contribution is 2.41. The molecule has 0 spiro atoms. The second kappa shape index (κ2) is 9.57. The number of esters is 1. The molecular formula is C20H36O2. The Morgan fingerprint density at radius 3 is 2.41 bits per heavy atom. The second-order valence-corrected chi connectivity index (χ2v) is 7.67. The summed E-state index contributed by atoms with van der Waals surface area (Å²) < 4.78 is 5.61. The fraction of sp³-hybridized carbons (Fsp3) is 0.950. The van der Waals surface area contributed by atoms with E-state index < -0.39 is 0 Å². The average molecular weight is 309 g/mol. The van der Waals surface area contributed by atoms with E-state index in [0.717, 1.165) is 30.6 Å². The Balaban J connectivity index is 1.70. The molecule has 2 aliphatic rings. The Morgan fingerprint density at radius 2 is 1.73 bits per heavy atom. The standard InChI is InChI=1S/C20H36O2/c1-3-5-6-8-16-11-13-17(14-12-16)18-9-7-10-19(15-18)22-20(21)4-2/h16-19H,3-15H2,1-2H3/t16-,17+,18-,19-/m1/s1. The van der Waals surface area contributed by atoms with Crippen LogP contribution >= 0.6 is 0 Å². The highest BCUT2D eigenvalue weighted by Gasteiger charge is 2.32. The van der Waals surface area contributed by atoms with Crippen LogP contribution in [-0.4, -0.2) is 12.1 Å². The molecular weight excluding hydrogens is 272 g/mol. The zero-order valence-electron chi connectivity index (χ0n) is 14.8. The molecule has 0 heterocycles. The predicted octanol–water partition coefficient (Wildman–Crippen LogP) is 5.89. The van der Waals surface area contributed by atoms with Crippen LogP contribution in [0.2, 0.25) is 0 Å². The van der Waals surface area contributed by atoms with Gasteiger partial charge in [0.15, 0.2) is 0 Å². The molecule has 2 heteroatoms. The van der Waals surface area contributed by atoms with E-state index in [0.29, 0.717) is 6.42 Å². The Kier molecular flexibility index (Phi) is 7.75. The molecule has 0 bridgehead atoms. The van der Waals surface area contributed by atoms with Gasteiger partial charge >= 0.3 is 5.97 Å². The van der Waals surface area contributed by atoms with Gasteiger partial charge in [0.1, 0.15) is 6.10 Å². The smallest absolute Gasteiger partial charge is 0.305 e. The van der Waals surface area contributed by atoms with Crippen LogP contribution in [0.15, 0.2) is 0 Å². The second-order valence-electron chi connectivity index (χ2n) is 7.67. The highest BCUT2D eigenvalue weighted by molar-refractivity contribution is 5.69. The summed E-state index contributed by atoms with van der Waals surface area (Å²) in [6.07, 6.45) is 17.0. The molecule has 0 aromatic heterocycles. The first-order valence-corrected chi connectivity index (χ1v) is 9.92. The lowest BCUT2D eigenvalue weighted by molar-refractivity contribution is -0.151. The molecule has 2 atom stereocenters. The summed E-state index contributed by atoms with van der Waals surface area (Å²) >= 11 is 0. The number of hydrogen-bond donors (Lipinski definition) is 0. The van der Waals surface area contributed by atoms with E-state index in [9.17, 15) is 4.79 Å². The van der Waals surface area contributed by atoms with Crippen molar-refractivity contribution in [3.63, 3.8) is 0 Å². The van der Waals surface area contributed by atoms with Gasteiger partial charge in [-0.05, 0) is 56.3 Å². The minimum atomic E-state index is -0.00900. The highest BCUT2D eigenvalue weighted by atomic mass is 16.5. The van der Waals surface area contributed by atoms with Crippen molar-refractivity contribution >= 4 is 5.97 Å². The molecule has 0 amide bonds. The topological polar surface area (TPSA) is 26.3 Å². The molecule has 0 N–H and O–H groups in total. The van der Waals surface area contributed by atoms with Gasteiger partial charge in [-0.3, -0.25) is 4.79 Å². The summed E-state index contributed by atoms with van der Waals surface area (Å²) in [5.74, 6) is 2.72. The van der Waals surface area contributed by atoms with Gasteiger partial charge in [-0.2, -0.15) is 0 Å². The predicted molar refractivity (Wildman–Crippen MR) is 91.7 cm³/mol. The molecule has 2 rings (SSSR count). The van der Waals surface area contributed by atoms with Crippen molar-refractivity contribution in [1.29, 1.82) is 0 Å². The molecule has 128 valence electrons. The number of rotatable bonds is 7. The van der Waals surface area contributed by atoms with Crippen molar-refractivity contribution < 1.29 is 9.53 Å². The summed E-state index contributed by atoms with van der Waals surface area (Å²) in [4.78, 5) is 11.5. The number of unbranched alkanes of at least 4 members (excludes halogenated alkanes) is 2. The summed E-state index contributed by atoms with van der Waals surface area (Å²) in [6, 6.07) is 0. The minimum absolute atomic E-state index is 0.00900. The van der Waals surface area contributed by atoms with Crippen LogP contribution in [0.5, 0.6) is 0 Å². The van der Waals surface area contributed by atoms with E-state index in [2.05, 4.69) is 6.92 Å². The van der Waals surface area contributed by atoms with Gasteiger partial charge in [0.25, 0.3) is 0 Å². The fourth-order valence-corrected chi connectivity index (χ4v) is 4.62. The molecule has 0 saturated heterocycles. The lowest BCUT2D eigenvalue weighted by atomic mass is 9.70. The number of carbonyl (C=O) groups excluding carboxylic acids is 1. The maximum atomic E-state index is 11.5. The molecule has 0 radical (unpaired) electrons. The lowest BCUT2D eigenvalue weighted by Crippen LogP contribution is -2.31. The van der Waals surface area contributed by atoms with Crippen LogP contribution in [0, 0.1) is 17.8 Å². The van der Waals surface area contributed by atoms with Gasteiger partial charge in [-0.25, -0.2) is 0 Å². The van der Waals surface area contributed by atoms with Crippen LogP contribution < -0.4 is 0 Å². The van der Waals surface area contributed by atoms with Gasteiger partial charge in [0.05, 0.1) is 0 Å². The van der Waals surface area contributed by atoms with Gasteiger partial charge in [-0.1, -0.05) is 52.4 Å². The largest absolute Gasteiger partial charge is 0.462 e. The molecule has 0 aromatic carbocycles. The van der Waals surface area contributed by atoms with Crippen LogP contribution in [0.25, 0.3) is 0 Å². The molecule has 0 aromatic rings. The fourth-order valence-electron chi connectivity index (χ4n) is 4.62. The van der Waals surface area contributed by atoms with Crippen LogP contribution in [0.1, 0.15) is 97.3 Å². The van der Waals surface area contributed by atoms with E-state index >= 15 is 0 Å². The zero-order valence-corrected chi connectivity index (χ0v) is 14.8.